The fourth-order valence-corrected chi connectivity index (χ4v) is 4.63. The molecule has 1 saturated heterocycles. The molecule has 2 fully saturated rings. The Hall–Kier alpha value is -1.73. The van der Waals surface area contributed by atoms with Crippen LogP contribution in [-0.2, 0) is 5.75 Å². The fraction of sp³-hybridized carbons (Fsp3) is 0.600. The third kappa shape index (κ3) is 8.67. The largest absolute Gasteiger partial charge is 0.503 e. The van der Waals surface area contributed by atoms with E-state index in [0.717, 1.165) is 42.5 Å². The molecule has 0 atom stereocenters. The second-order valence-corrected chi connectivity index (χ2v) is 8.34. The van der Waals surface area contributed by atoms with Gasteiger partial charge in [-0.25, -0.2) is 4.79 Å². The molecule has 0 radical (unpaired) electrons. The van der Waals surface area contributed by atoms with Crippen LogP contribution in [-0.4, -0.2) is 46.7 Å². The molecule has 1 aliphatic heterocycles. The van der Waals surface area contributed by atoms with Crippen molar-refractivity contribution >= 4 is 23.8 Å². The van der Waals surface area contributed by atoms with Gasteiger partial charge in [0.05, 0.1) is 0 Å². The van der Waals surface area contributed by atoms with Gasteiger partial charge in [-0.05, 0) is 56.5 Å². The molecular formula is C20H30N2O4S. The zero-order valence-corrected chi connectivity index (χ0v) is 16.5. The van der Waals surface area contributed by atoms with Gasteiger partial charge in [-0.15, -0.1) is 0 Å². The topological polar surface area (TPSA) is 98.7 Å². The first-order chi connectivity index (χ1) is 13.0. The highest BCUT2D eigenvalue weighted by Crippen LogP contribution is 2.24. The lowest BCUT2D eigenvalue weighted by molar-refractivity contribution is 0.0927. The molecule has 1 aromatic carbocycles. The molecule has 6 nitrogen and oxygen atoms in total. The van der Waals surface area contributed by atoms with E-state index in [1.165, 1.54) is 37.7 Å². The summed E-state index contributed by atoms with van der Waals surface area (Å²) >= 11 is 2.05. The Labute approximate surface area is 165 Å². The standard InChI is InChI=1S/C19H28N2OS.CH2O3/c22-19(21-17-4-2-1-3-5-17)16-8-6-15(7-9-16)14-23-18-10-12-20-13-11-18;2-1(3)4/h6-9,17-18,20H,1-5,10-14H2,(H,21,22);(H2,2,3,4). The van der Waals surface area contributed by atoms with Gasteiger partial charge in [0.2, 0.25) is 0 Å². The van der Waals surface area contributed by atoms with E-state index in [1.54, 1.807) is 0 Å². The van der Waals surface area contributed by atoms with Crippen LogP contribution in [0.25, 0.3) is 0 Å². The lowest BCUT2D eigenvalue weighted by Gasteiger charge is -2.23. The minimum Gasteiger partial charge on any atom is -0.450 e. The summed E-state index contributed by atoms with van der Waals surface area (Å²) in [6.07, 6.45) is 6.79. The fourth-order valence-electron chi connectivity index (χ4n) is 3.44. The van der Waals surface area contributed by atoms with Gasteiger partial charge in [0.25, 0.3) is 5.91 Å². The van der Waals surface area contributed by atoms with Crippen molar-refractivity contribution in [1.29, 1.82) is 0 Å². The second-order valence-electron chi connectivity index (χ2n) is 7.05. The number of thioether (sulfide) groups is 1. The van der Waals surface area contributed by atoms with Crippen LogP contribution in [0.2, 0.25) is 0 Å². The van der Waals surface area contributed by atoms with Gasteiger partial charge in [-0.1, -0.05) is 31.4 Å². The summed E-state index contributed by atoms with van der Waals surface area (Å²) in [6, 6.07) is 8.58. The maximum atomic E-state index is 12.3. The van der Waals surface area contributed by atoms with Gasteiger partial charge in [-0.3, -0.25) is 4.79 Å². The number of hydrogen-bond acceptors (Lipinski definition) is 4. The normalized spacial score (nSPS) is 18.2. The third-order valence-electron chi connectivity index (χ3n) is 4.93. The molecule has 1 amide bonds. The summed E-state index contributed by atoms with van der Waals surface area (Å²) in [5.41, 5.74) is 2.12. The van der Waals surface area contributed by atoms with Crippen LogP contribution in [0.1, 0.15) is 60.9 Å². The van der Waals surface area contributed by atoms with Gasteiger partial charge >= 0.3 is 6.16 Å². The number of rotatable bonds is 5. The molecule has 2 aliphatic rings. The zero-order valence-electron chi connectivity index (χ0n) is 15.7. The number of carbonyl (C=O) groups excluding carboxylic acids is 1. The predicted octanol–water partition coefficient (Wildman–Crippen LogP) is 3.96. The Kier molecular flexibility index (Phi) is 9.48. The number of hydrogen-bond donors (Lipinski definition) is 4. The molecule has 7 heteroatoms. The summed E-state index contributed by atoms with van der Waals surface area (Å²) < 4.78 is 0. The van der Waals surface area contributed by atoms with Gasteiger partial charge in [0.1, 0.15) is 0 Å². The van der Waals surface area contributed by atoms with E-state index in [-0.39, 0.29) is 5.91 Å². The third-order valence-corrected chi connectivity index (χ3v) is 6.37. The van der Waals surface area contributed by atoms with E-state index in [4.69, 9.17) is 15.0 Å². The van der Waals surface area contributed by atoms with Crippen LogP contribution < -0.4 is 10.6 Å². The highest BCUT2D eigenvalue weighted by Gasteiger charge is 2.17. The SMILES string of the molecule is O=C(NC1CCCCC1)c1ccc(CSC2CCNCC2)cc1.O=C(O)O. The van der Waals surface area contributed by atoms with E-state index in [0.29, 0.717) is 6.04 Å². The zero-order chi connectivity index (χ0) is 19.5. The number of amides is 1. The van der Waals surface area contributed by atoms with Crippen molar-refractivity contribution in [3.05, 3.63) is 35.4 Å². The van der Waals surface area contributed by atoms with E-state index < -0.39 is 6.16 Å². The number of piperidine rings is 1. The monoisotopic (exact) mass is 394 g/mol. The minimum absolute atomic E-state index is 0.0921. The smallest absolute Gasteiger partial charge is 0.450 e. The first kappa shape index (κ1) is 21.6. The van der Waals surface area contributed by atoms with Gasteiger partial charge < -0.3 is 20.8 Å². The molecule has 27 heavy (non-hydrogen) atoms. The Bertz CT molecular complexity index is 578. The van der Waals surface area contributed by atoms with Crippen LogP contribution in [0, 0.1) is 0 Å². The average molecular weight is 395 g/mol. The maximum absolute atomic E-state index is 12.3. The summed E-state index contributed by atoms with van der Waals surface area (Å²) in [6.45, 7) is 2.30. The Morgan fingerprint density at radius 1 is 1.00 bits per heavy atom. The molecular weight excluding hydrogens is 364 g/mol. The van der Waals surface area contributed by atoms with Crippen molar-refractivity contribution in [2.45, 2.75) is 62.0 Å². The van der Waals surface area contributed by atoms with Crippen LogP contribution in [0.15, 0.2) is 24.3 Å². The number of carboxylic acid groups (broad SMARTS) is 2. The van der Waals surface area contributed by atoms with E-state index in [9.17, 15) is 4.79 Å². The molecule has 150 valence electrons. The van der Waals surface area contributed by atoms with Crippen molar-refractivity contribution in [2.24, 2.45) is 0 Å². The molecule has 0 aromatic heterocycles. The molecule has 1 aromatic rings. The van der Waals surface area contributed by atoms with Crippen molar-refractivity contribution in [3.8, 4) is 0 Å². The first-order valence-corrected chi connectivity index (χ1v) is 10.7. The van der Waals surface area contributed by atoms with Crippen LogP contribution in [0.4, 0.5) is 4.79 Å². The van der Waals surface area contributed by atoms with E-state index in [2.05, 4.69) is 34.5 Å². The Morgan fingerprint density at radius 3 is 2.19 bits per heavy atom. The molecule has 1 aliphatic carbocycles. The number of benzene rings is 1. The molecule has 1 saturated carbocycles. The molecule has 4 N–H and O–H groups in total. The van der Waals surface area contributed by atoms with Gasteiger partial charge in [-0.2, -0.15) is 11.8 Å². The summed E-state index contributed by atoms with van der Waals surface area (Å²) in [5, 5.41) is 21.3. The van der Waals surface area contributed by atoms with Crippen molar-refractivity contribution in [1.82, 2.24) is 10.6 Å². The molecule has 0 bridgehead atoms. The average Bonchev–Trinajstić information content (AvgIpc) is 2.68. The van der Waals surface area contributed by atoms with Gasteiger partial charge in [0, 0.05) is 22.6 Å². The lowest BCUT2D eigenvalue weighted by Crippen LogP contribution is -2.36. The second kappa shape index (κ2) is 11.9. The summed E-state index contributed by atoms with van der Waals surface area (Å²) in [5.74, 6) is 1.14. The number of nitrogens with one attached hydrogen (secondary N) is 2. The van der Waals surface area contributed by atoms with Crippen molar-refractivity contribution in [2.75, 3.05) is 13.1 Å². The maximum Gasteiger partial charge on any atom is 0.503 e. The lowest BCUT2D eigenvalue weighted by atomic mass is 9.95. The van der Waals surface area contributed by atoms with Crippen LogP contribution in [0.3, 0.4) is 0 Å². The summed E-state index contributed by atoms with van der Waals surface area (Å²) in [7, 11) is 0. The summed E-state index contributed by atoms with van der Waals surface area (Å²) in [4.78, 5) is 20.9. The highest BCUT2D eigenvalue weighted by molar-refractivity contribution is 7.99. The van der Waals surface area contributed by atoms with Gasteiger partial charge in [0.15, 0.2) is 0 Å². The first-order valence-electron chi connectivity index (χ1n) is 9.68. The van der Waals surface area contributed by atoms with Crippen molar-refractivity contribution in [3.63, 3.8) is 0 Å². The van der Waals surface area contributed by atoms with Crippen molar-refractivity contribution < 1.29 is 19.8 Å². The van der Waals surface area contributed by atoms with E-state index >= 15 is 0 Å². The molecule has 3 rings (SSSR count). The van der Waals surface area contributed by atoms with Crippen LogP contribution >= 0.6 is 11.8 Å². The predicted molar refractivity (Wildman–Crippen MR) is 109 cm³/mol. The molecule has 0 spiro atoms. The number of carbonyl (C=O) groups is 2. The quantitative estimate of drug-likeness (QED) is 0.603. The van der Waals surface area contributed by atoms with E-state index in [1.807, 2.05) is 12.1 Å². The minimum atomic E-state index is -1.83. The highest BCUT2D eigenvalue weighted by atomic mass is 32.2. The van der Waals surface area contributed by atoms with Crippen LogP contribution in [0.5, 0.6) is 0 Å². The Balaban J connectivity index is 0.000000596. The molecule has 1 heterocycles. The Morgan fingerprint density at radius 2 is 1.59 bits per heavy atom. The molecule has 0 unspecified atom stereocenters.